The van der Waals surface area contributed by atoms with E-state index in [-0.39, 0.29) is 0 Å². The topological polar surface area (TPSA) is 25.6 Å². The van der Waals surface area contributed by atoms with Gasteiger partial charge in [-0.25, -0.2) is 0 Å². The molecule has 1 aliphatic heterocycles. The molecule has 3 nitrogen and oxygen atoms in total. The Kier molecular flexibility index (Phi) is 8.90. The number of ether oxygens (including phenoxy) is 1. The molecule has 0 N–H and O–H groups in total. The normalized spacial score (nSPS) is 11.9. The maximum Gasteiger partial charge on any atom is 0.159 e. The molecule has 13 aromatic rings. The molecule has 0 fully saturated rings. The average molecular weight is 880 g/mol. The monoisotopic (exact) mass is 879 g/mol. The fourth-order valence-corrected chi connectivity index (χ4v) is 11.0. The van der Waals surface area contributed by atoms with Crippen LogP contribution in [-0.4, -0.2) is 0 Å². The van der Waals surface area contributed by atoms with Crippen LogP contribution in [0.4, 0.5) is 17.1 Å². The predicted octanol–water partition coefficient (Wildman–Crippen LogP) is 19.1. The Labute approximate surface area is 398 Å². The van der Waals surface area contributed by atoms with Crippen LogP contribution >= 0.6 is 0 Å². The van der Waals surface area contributed by atoms with Gasteiger partial charge in [0.1, 0.15) is 16.9 Å². The summed E-state index contributed by atoms with van der Waals surface area (Å²) in [4.78, 5) is 2.37. The summed E-state index contributed by atoms with van der Waals surface area (Å²) in [5.41, 5.74) is 11.4. The number of para-hydroxylation sites is 3. The summed E-state index contributed by atoms with van der Waals surface area (Å²) in [5, 5.41) is 13.5. The van der Waals surface area contributed by atoms with E-state index >= 15 is 0 Å². The van der Waals surface area contributed by atoms with E-state index in [9.17, 15) is 0 Å². The first-order chi connectivity index (χ1) is 34.2. The largest absolute Gasteiger partial charge is 0.455 e. The fraction of sp³-hybridized carbons (Fsp3) is 0. The van der Waals surface area contributed by atoms with Crippen molar-refractivity contribution in [2.45, 2.75) is 0 Å². The molecule has 14 rings (SSSR count). The highest BCUT2D eigenvalue weighted by Gasteiger charge is 2.27. The maximum atomic E-state index is 7.21. The Balaban J connectivity index is 1.14. The minimum absolute atomic E-state index is 0.794. The summed E-state index contributed by atoms with van der Waals surface area (Å²) >= 11 is 0. The number of fused-ring (bicyclic) bond motifs is 19. The first-order valence-electron chi connectivity index (χ1n) is 23.6. The van der Waals surface area contributed by atoms with Crippen LogP contribution in [-0.2, 0) is 0 Å². The molecule has 1 aromatic heterocycles. The summed E-state index contributed by atoms with van der Waals surface area (Å²) in [6.07, 6.45) is 0. The zero-order chi connectivity index (χ0) is 45.4. The summed E-state index contributed by atoms with van der Waals surface area (Å²) in [6, 6.07) is 89.6. The quantitative estimate of drug-likeness (QED) is 0.176. The highest BCUT2D eigenvalue weighted by molar-refractivity contribution is 6.31. The Morgan fingerprint density at radius 3 is 1.48 bits per heavy atom. The highest BCUT2D eigenvalue weighted by atomic mass is 16.5. The van der Waals surface area contributed by atoms with Crippen molar-refractivity contribution in [3.63, 3.8) is 0 Å². The molecule has 3 heteroatoms. The minimum atomic E-state index is 0.794. The van der Waals surface area contributed by atoms with Crippen LogP contribution in [0.3, 0.4) is 0 Å². The third-order valence-corrected chi connectivity index (χ3v) is 14.1. The number of rotatable bonds is 4. The second kappa shape index (κ2) is 15.7. The van der Waals surface area contributed by atoms with Crippen molar-refractivity contribution in [2.75, 3.05) is 4.90 Å². The summed E-state index contributed by atoms with van der Waals surface area (Å²) < 4.78 is 14.2. The molecule has 0 unspecified atom stereocenters. The number of furan rings is 1. The van der Waals surface area contributed by atoms with Crippen LogP contribution in [0, 0.1) is 0 Å². The van der Waals surface area contributed by atoms with Crippen LogP contribution in [0.15, 0.2) is 253 Å². The Morgan fingerprint density at radius 1 is 0.290 bits per heavy atom. The highest BCUT2D eigenvalue weighted by Crippen LogP contribution is 2.53. The lowest BCUT2D eigenvalue weighted by Gasteiger charge is -2.29. The van der Waals surface area contributed by atoms with Crippen LogP contribution in [0.5, 0.6) is 11.5 Å². The molecule has 0 saturated carbocycles. The lowest BCUT2D eigenvalue weighted by Crippen LogP contribution is -2.11. The number of hydrogen-bond acceptors (Lipinski definition) is 3. The van der Waals surface area contributed by atoms with Crippen LogP contribution in [0.25, 0.3) is 109 Å². The van der Waals surface area contributed by atoms with Crippen molar-refractivity contribution in [3.05, 3.63) is 249 Å². The van der Waals surface area contributed by atoms with Crippen LogP contribution in [0.1, 0.15) is 0 Å². The third kappa shape index (κ3) is 6.21. The number of benzene rings is 11. The second-order valence-corrected chi connectivity index (χ2v) is 17.9. The molecule has 0 aliphatic carbocycles. The van der Waals surface area contributed by atoms with E-state index < -0.39 is 0 Å². The fourth-order valence-electron chi connectivity index (χ4n) is 11.0. The lowest BCUT2D eigenvalue weighted by molar-refractivity contribution is 0.489. The van der Waals surface area contributed by atoms with Gasteiger partial charge in [-0.15, -0.1) is 0 Å². The van der Waals surface area contributed by atoms with Gasteiger partial charge in [0.25, 0.3) is 0 Å². The molecular weight excluding hydrogens is 839 g/mol. The Morgan fingerprint density at radius 2 is 0.768 bits per heavy atom. The van der Waals surface area contributed by atoms with Gasteiger partial charge in [0.15, 0.2) is 5.75 Å². The van der Waals surface area contributed by atoms with Gasteiger partial charge in [-0.05, 0) is 119 Å². The smallest absolute Gasteiger partial charge is 0.159 e. The van der Waals surface area contributed by atoms with Crippen molar-refractivity contribution in [2.24, 2.45) is 0 Å². The van der Waals surface area contributed by atoms with Gasteiger partial charge in [0.2, 0.25) is 0 Å². The zero-order valence-electron chi connectivity index (χ0n) is 37.4. The molecule has 0 radical (unpaired) electrons. The van der Waals surface area contributed by atoms with Gasteiger partial charge in [-0.2, -0.15) is 0 Å². The van der Waals surface area contributed by atoms with Crippen molar-refractivity contribution in [1.29, 1.82) is 0 Å². The van der Waals surface area contributed by atoms with Gasteiger partial charge in [-0.3, -0.25) is 0 Å². The molecule has 322 valence electrons. The SMILES string of the molecule is c1ccc(-c2ccc(N(c3ccc4c5ccccc5c5ccccc5c5ccccc5c5c(ccc6c7ccccc7oc65)c4c3)c3cccc4c3Oc3ccccc3-c3ccccc3-4)cc2)cc1. The Bertz CT molecular complexity index is 4280. The summed E-state index contributed by atoms with van der Waals surface area (Å²) in [5.74, 6) is 1.61. The van der Waals surface area contributed by atoms with E-state index in [2.05, 4.69) is 254 Å². The van der Waals surface area contributed by atoms with Gasteiger partial charge in [-0.1, -0.05) is 200 Å². The van der Waals surface area contributed by atoms with Gasteiger partial charge in [0.05, 0.1) is 5.69 Å². The van der Waals surface area contributed by atoms with Crippen molar-refractivity contribution < 1.29 is 9.15 Å². The van der Waals surface area contributed by atoms with E-state index in [0.29, 0.717) is 0 Å². The van der Waals surface area contributed by atoms with E-state index in [1.807, 2.05) is 0 Å². The number of nitrogens with zero attached hydrogens (tertiary/aromatic N) is 1. The third-order valence-electron chi connectivity index (χ3n) is 14.1. The first kappa shape index (κ1) is 39.0. The van der Waals surface area contributed by atoms with Crippen molar-refractivity contribution in [1.82, 2.24) is 0 Å². The van der Waals surface area contributed by atoms with Gasteiger partial charge >= 0.3 is 0 Å². The van der Waals surface area contributed by atoms with E-state index in [1.54, 1.807) is 0 Å². The summed E-state index contributed by atoms with van der Waals surface area (Å²) in [6.45, 7) is 0. The molecule has 12 aromatic carbocycles. The molecule has 0 saturated heterocycles. The standard InChI is InChI=1S/C66H41NO2/c1-2-17-42(18-3-1)43-33-35-44(36-34-43)67(61-30-16-29-58-52-25-9-8-23-50(52)54-26-12-14-31-62(54)68-65(58)61)45-37-38-53-49-22-7-5-20-47(49)46-19-4-6-21-48(46)51-24-10-11-28-56(51)64-57(60(53)41-45)39-40-59-55-27-13-15-32-63(55)69-66(59)64/h1-41H. The van der Waals surface area contributed by atoms with Crippen molar-refractivity contribution in [3.8, 4) is 44.9 Å². The molecule has 0 atom stereocenters. The zero-order valence-corrected chi connectivity index (χ0v) is 37.4. The van der Waals surface area contributed by atoms with Crippen LogP contribution in [0.2, 0.25) is 0 Å². The predicted molar refractivity (Wildman–Crippen MR) is 290 cm³/mol. The van der Waals surface area contributed by atoms with E-state index in [0.717, 1.165) is 116 Å². The van der Waals surface area contributed by atoms with E-state index in [1.165, 1.54) is 21.7 Å². The Hall–Kier alpha value is -9.18. The number of anilines is 3. The first-order valence-corrected chi connectivity index (χ1v) is 23.6. The molecule has 0 amide bonds. The second-order valence-electron chi connectivity index (χ2n) is 17.9. The van der Waals surface area contributed by atoms with Gasteiger partial charge in [0, 0.05) is 38.7 Å². The van der Waals surface area contributed by atoms with E-state index in [4.69, 9.17) is 9.15 Å². The molecule has 0 spiro atoms. The van der Waals surface area contributed by atoms with Crippen molar-refractivity contribution >= 4 is 92.9 Å². The maximum absolute atomic E-state index is 7.21. The van der Waals surface area contributed by atoms with Crippen LogP contribution < -0.4 is 9.64 Å². The summed E-state index contributed by atoms with van der Waals surface area (Å²) in [7, 11) is 0. The molecular formula is C66H41NO2. The molecule has 0 bridgehead atoms. The molecule has 2 heterocycles. The molecule has 1 aliphatic rings. The number of hydrogen-bond donors (Lipinski definition) is 0. The molecule has 69 heavy (non-hydrogen) atoms. The minimum Gasteiger partial charge on any atom is -0.455 e. The lowest BCUT2D eigenvalue weighted by atomic mass is 9.93. The average Bonchev–Trinajstić information content (AvgIpc) is 3.73. The van der Waals surface area contributed by atoms with Gasteiger partial charge < -0.3 is 14.1 Å².